The van der Waals surface area contributed by atoms with Crippen LogP contribution in [0.1, 0.15) is 32.3 Å². The summed E-state index contributed by atoms with van der Waals surface area (Å²) >= 11 is 0. The molecule has 15 heavy (non-hydrogen) atoms. The second kappa shape index (κ2) is 4.96. The largest absolute Gasteiger partial charge is 0.497 e. The molecule has 0 aliphatic rings. The van der Waals surface area contributed by atoms with Gasteiger partial charge in [0.1, 0.15) is 11.5 Å². The van der Waals surface area contributed by atoms with Crippen LogP contribution in [0.25, 0.3) is 0 Å². The van der Waals surface area contributed by atoms with Crippen molar-refractivity contribution >= 4 is 5.78 Å². The minimum absolute atomic E-state index is 0.00379. The minimum atomic E-state index is -0.00379. The van der Waals surface area contributed by atoms with E-state index in [-0.39, 0.29) is 11.7 Å². The van der Waals surface area contributed by atoms with Crippen molar-refractivity contribution in [2.24, 2.45) is 5.92 Å². The fourth-order valence-electron chi connectivity index (χ4n) is 1.90. The third kappa shape index (κ3) is 2.82. The maximum Gasteiger partial charge on any atom is 0.137 e. The van der Waals surface area contributed by atoms with Crippen LogP contribution in [0, 0.1) is 5.92 Å². The lowest BCUT2D eigenvalue weighted by molar-refractivity contribution is -0.119. The monoisotopic (exact) mass is 206 g/mol. The Morgan fingerprint density at radius 2 is 1.73 bits per heavy atom. The van der Waals surface area contributed by atoms with E-state index in [4.69, 9.17) is 4.74 Å². The fraction of sp³-hybridized carbons (Fsp3) is 0.462. The SMILES string of the molecule is COc1ccc(C(C(C)=O)C(C)C)cc1. The van der Waals surface area contributed by atoms with Crippen molar-refractivity contribution in [2.45, 2.75) is 26.7 Å². The van der Waals surface area contributed by atoms with E-state index >= 15 is 0 Å². The Hall–Kier alpha value is -1.31. The maximum atomic E-state index is 11.5. The van der Waals surface area contributed by atoms with E-state index in [9.17, 15) is 4.79 Å². The number of hydrogen-bond donors (Lipinski definition) is 0. The molecule has 0 saturated carbocycles. The highest BCUT2D eigenvalue weighted by atomic mass is 16.5. The normalized spacial score (nSPS) is 12.6. The molecular weight excluding hydrogens is 188 g/mol. The number of benzene rings is 1. The van der Waals surface area contributed by atoms with Gasteiger partial charge in [0.25, 0.3) is 0 Å². The zero-order valence-electron chi connectivity index (χ0n) is 9.78. The Morgan fingerprint density at radius 3 is 2.07 bits per heavy atom. The topological polar surface area (TPSA) is 26.3 Å². The minimum Gasteiger partial charge on any atom is -0.497 e. The molecule has 0 radical (unpaired) electrons. The van der Waals surface area contributed by atoms with Gasteiger partial charge in [0.2, 0.25) is 0 Å². The van der Waals surface area contributed by atoms with Crippen LogP contribution in [0.15, 0.2) is 24.3 Å². The molecule has 1 unspecified atom stereocenters. The highest BCUT2D eigenvalue weighted by Crippen LogP contribution is 2.26. The molecule has 0 fully saturated rings. The zero-order chi connectivity index (χ0) is 11.4. The summed E-state index contributed by atoms with van der Waals surface area (Å²) in [5.74, 6) is 1.37. The number of ether oxygens (including phenoxy) is 1. The smallest absolute Gasteiger partial charge is 0.137 e. The summed E-state index contributed by atoms with van der Waals surface area (Å²) in [5.41, 5.74) is 1.07. The molecule has 2 heteroatoms. The standard InChI is InChI=1S/C13H18O2/c1-9(2)13(10(3)14)11-5-7-12(15-4)8-6-11/h5-9,13H,1-4H3. The van der Waals surface area contributed by atoms with Gasteiger partial charge in [-0.15, -0.1) is 0 Å². The maximum absolute atomic E-state index is 11.5. The van der Waals surface area contributed by atoms with Gasteiger partial charge in [-0.2, -0.15) is 0 Å². The van der Waals surface area contributed by atoms with Crippen LogP contribution < -0.4 is 4.74 Å². The van der Waals surface area contributed by atoms with Crippen molar-refractivity contribution in [1.82, 2.24) is 0 Å². The number of ketones is 1. The molecule has 0 aromatic heterocycles. The number of methoxy groups -OCH3 is 1. The lowest BCUT2D eigenvalue weighted by Crippen LogP contribution is -2.15. The first-order valence-corrected chi connectivity index (χ1v) is 5.20. The molecule has 82 valence electrons. The molecule has 0 aliphatic heterocycles. The number of Topliss-reactive ketones (excluding diaryl/α,β-unsaturated/α-hetero) is 1. The Balaban J connectivity index is 2.97. The molecule has 1 atom stereocenters. The quantitative estimate of drug-likeness (QED) is 0.757. The predicted molar refractivity (Wildman–Crippen MR) is 61.3 cm³/mol. The zero-order valence-corrected chi connectivity index (χ0v) is 9.78. The third-order valence-corrected chi connectivity index (χ3v) is 2.58. The van der Waals surface area contributed by atoms with E-state index in [1.165, 1.54) is 0 Å². The van der Waals surface area contributed by atoms with Crippen molar-refractivity contribution in [3.63, 3.8) is 0 Å². The van der Waals surface area contributed by atoms with Crippen LogP contribution in [0.4, 0.5) is 0 Å². The molecule has 0 amide bonds. The number of carbonyl (C=O) groups is 1. The number of rotatable bonds is 4. The van der Waals surface area contributed by atoms with Crippen molar-refractivity contribution < 1.29 is 9.53 Å². The summed E-state index contributed by atoms with van der Waals surface area (Å²) in [6, 6.07) is 7.72. The van der Waals surface area contributed by atoms with E-state index in [0.29, 0.717) is 5.92 Å². The van der Waals surface area contributed by atoms with Gasteiger partial charge in [-0.05, 0) is 30.5 Å². The third-order valence-electron chi connectivity index (χ3n) is 2.58. The van der Waals surface area contributed by atoms with Gasteiger partial charge < -0.3 is 4.74 Å². The molecule has 0 spiro atoms. The molecule has 1 rings (SSSR count). The van der Waals surface area contributed by atoms with Gasteiger partial charge in [-0.1, -0.05) is 26.0 Å². The Kier molecular flexibility index (Phi) is 3.89. The van der Waals surface area contributed by atoms with E-state index in [0.717, 1.165) is 11.3 Å². The van der Waals surface area contributed by atoms with E-state index in [1.807, 2.05) is 24.3 Å². The Bertz CT molecular complexity index is 325. The van der Waals surface area contributed by atoms with Crippen LogP contribution >= 0.6 is 0 Å². The van der Waals surface area contributed by atoms with E-state index in [2.05, 4.69) is 13.8 Å². The van der Waals surface area contributed by atoms with Crippen LogP contribution in [0.5, 0.6) is 5.75 Å². The van der Waals surface area contributed by atoms with Crippen molar-refractivity contribution in [3.05, 3.63) is 29.8 Å². The molecule has 1 aromatic rings. The highest BCUT2D eigenvalue weighted by molar-refractivity contribution is 5.83. The fourth-order valence-corrected chi connectivity index (χ4v) is 1.90. The summed E-state index contributed by atoms with van der Waals surface area (Å²) in [7, 11) is 1.64. The summed E-state index contributed by atoms with van der Waals surface area (Å²) in [6.07, 6.45) is 0. The Morgan fingerprint density at radius 1 is 1.20 bits per heavy atom. The molecule has 2 nitrogen and oxygen atoms in total. The first kappa shape index (κ1) is 11.8. The molecule has 0 N–H and O–H groups in total. The molecule has 0 aliphatic carbocycles. The van der Waals surface area contributed by atoms with E-state index < -0.39 is 0 Å². The van der Waals surface area contributed by atoms with Gasteiger partial charge in [0.15, 0.2) is 0 Å². The average molecular weight is 206 g/mol. The molecule has 0 bridgehead atoms. The van der Waals surface area contributed by atoms with Gasteiger partial charge in [-0.3, -0.25) is 4.79 Å². The average Bonchev–Trinajstić information content (AvgIpc) is 2.18. The van der Waals surface area contributed by atoms with Gasteiger partial charge in [0, 0.05) is 5.92 Å². The van der Waals surface area contributed by atoms with Crippen LogP contribution in [0.2, 0.25) is 0 Å². The van der Waals surface area contributed by atoms with Crippen molar-refractivity contribution in [1.29, 1.82) is 0 Å². The van der Waals surface area contributed by atoms with Crippen LogP contribution in [-0.2, 0) is 4.79 Å². The van der Waals surface area contributed by atoms with Gasteiger partial charge >= 0.3 is 0 Å². The molecule has 0 saturated heterocycles. The van der Waals surface area contributed by atoms with Crippen LogP contribution in [0.3, 0.4) is 0 Å². The predicted octanol–water partition coefficient (Wildman–Crippen LogP) is 3.02. The van der Waals surface area contributed by atoms with Crippen molar-refractivity contribution in [3.8, 4) is 5.75 Å². The molecule has 0 heterocycles. The second-order valence-corrected chi connectivity index (χ2v) is 4.11. The first-order chi connectivity index (χ1) is 7.06. The number of carbonyl (C=O) groups excluding carboxylic acids is 1. The molecular formula is C13H18O2. The van der Waals surface area contributed by atoms with E-state index in [1.54, 1.807) is 14.0 Å². The highest BCUT2D eigenvalue weighted by Gasteiger charge is 2.20. The Labute approximate surface area is 91.3 Å². The van der Waals surface area contributed by atoms with Crippen LogP contribution in [-0.4, -0.2) is 12.9 Å². The summed E-state index contributed by atoms with van der Waals surface area (Å²) in [4.78, 5) is 11.5. The van der Waals surface area contributed by atoms with Crippen molar-refractivity contribution in [2.75, 3.05) is 7.11 Å². The summed E-state index contributed by atoms with van der Waals surface area (Å²) in [5, 5.41) is 0. The second-order valence-electron chi connectivity index (χ2n) is 4.11. The van der Waals surface area contributed by atoms with Gasteiger partial charge in [0.05, 0.1) is 7.11 Å². The summed E-state index contributed by atoms with van der Waals surface area (Å²) < 4.78 is 5.08. The first-order valence-electron chi connectivity index (χ1n) is 5.20. The summed E-state index contributed by atoms with van der Waals surface area (Å²) in [6.45, 7) is 5.78. The molecule has 1 aromatic carbocycles. The number of hydrogen-bond acceptors (Lipinski definition) is 2. The van der Waals surface area contributed by atoms with Gasteiger partial charge in [-0.25, -0.2) is 0 Å². The lowest BCUT2D eigenvalue weighted by atomic mass is 9.85. The lowest BCUT2D eigenvalue weighted by Gasteiger charge is -2.18.